The van der Waals surface area contributed by atoms with Gasteiger partial charge in [0.1, 0.15) is 0 Å². The molecule has 0 spiro atoms. The van der Waals surface area contributed by atoms with Gasteiger partial charge in [-0.1, -0.05) is 83.3 Å². The first-order valence-electron chi connectivity index (χ1n) is 12.4. The van der Waals surface area contributed by atoms with Crippen molar-refractivity contribution < 1.29 is 19.1 Å². The van der Waals surface area contributed by atoms with E-state index in [4.69, 9.17) is 14.3 Å². The van der Waals surface area contributed by atoms with Gasteiger partial charge in [0.25, 0.3) is 0 Å². The summed E-state index contributed by atoms with van der Waals surface area (Å²) in [6, 6.07) is 0. The van der Waals surface area contributed by atoms with Crippen LogP contribution in [0.5, 0.6) is 0 Å². The molecular weight excluding hydrogens is 397 g/mol. The summed E-state index contributed by atoms with van der Waals surface area (Å²) in [6.07, 6.45) is 25.7. The molecule has 0 rings (SSSR count). The van der Waals surface area contributed by atoms with E-state index in [2.05, 4.69) is 24.4 Å². The summed E-state index contributed by atoms with van der Waals surface area (Å²) in [6.45, 7) is 3.39. The molecule has 0 bridgehead atoms. The van der Waals surface area contributed by atoms with E-state index in [-0.39, 0.29) is 5.91 Å². The normalized spacial score (nSPS) is 11.6. The van der Waals surface area contributed by atoms with E-state index < -0.39 is 8.60 Å². The Morgan fingerprint density at radius 1 is 0.767 bits per heavy atom. The van der Waals surface area contributed by atoms with E-state index in [0.717, 1.165) is 45.1 Å². The van der Waals surface area contributed by atoms with Gasteiger partial charge in [-0.3, -0.25) is 4.79 Å². The van der Waals surface area contributed by atoms with Gasteiger partial charge < -0.3 is 19.6 Å². The molecule has 0 heterocycles. The standard InChI is InChI=1S/C24H48NO4P/c1-2-3-4-5-6-7-8-9-10-11-12-13-14-15-18-21-24(26)25-22-19-16-17-20-23-29-30(27)28/h9-10,27-28H,2-8,11-23H2,1H3,(H,25,26)/b10-9-. The molecule has 0 fully saturated rings. The molecule has 0 aliphatic rings. The number of rotatable bonds is 23. The summed E-state index contributed by atoms with van der Waals surface area (Å²) in [5, 5.41) is 2.99. The van der Waals surface area contributed by atoms with Crippen LogP contribution in [0.4, 0.5) is 0 Å². The second-order valence-electron chi connectivity index (χ2n) is 8.18. The molecule has 0 saturated carbocycles. The highest BCUT2D eigenvalue weighted by Crippen LogP contribution is 2.24. The van der Waals surface area contributed by atoms with E-state index >= 15 is 0 Å². The van der Waals surface area contributed by atoms with Crippen molar-refractivity contribution in [3.05, 3.63) is 12.2 Å². The number of hydrogen-bond donors (Lipinski definition) is 3. The van der Waals surface area contributed by atoms with E-state index in [1.165, 1.54) is 70.6 Å². The summed E-state index contributed by atoms with van der Waals surface area (Å²) in [7, 11) is -2.21. The van der Waals surface area contributed by atoms with Crippen LogP contribution in [0.15, 0.2) is 12.2 Å². The third-order valence-corrected chi connectivity index (χ3v) is 5.68. The third-order valence-electron chi connectivity index (χ3n) is 5.27. The second-order valence-corrected chi connectivity index (χ2v) is 8.95. The summed E-state index contributed by atoms with van der Waals surface area (Å²) in [5.74, 6) is 0.169. The zero-order chi connectivity index (χ0) is 22.1. The fourth-order valence-corrected chi connectivity index (χ4v) is 3.69. The Kier molecular flexibility index (Phi) is 24.4. The Morgan fingerprint density at radius 3 is 1.93 bits per heavy atom. The highest BCUT2D eigenvalue weighted by molar-refractivity contribution is 7.39. The molecule has 0 aromatic heterocycles. The number of carbonyl (C=O) groups is 1. The van der Waals surface area contributed by atoms with Gasteiger partial charge in [0, 0.05) is 13.0 Å². The van der Waals surface area contributed by atoms with Crippen LogP contribution in [0.3, 0.4) is 0 Å². The Balaban J connectivity index is 3.21. The quantitative estimate of drug-likeness (QED) is 0.0905. The highest BCUT2D eigenvalue weighted by atomic mass is 31.2. The SMILES string of the molecule is CCCCCCCC/C=C\CCCCCCCC(=O)NCCCCCCOP(O)O. The maximum absolute atomic E-state index is 11.8. The Hall–Kier alpha value is -0.480. The van der Waals surface area contributed by atoms with E-state index in [0.29, 0.717) is 13.0 Å². The Bertz CT molecular complexity index is 391. The van der Waals surface area contributed by atoms with E-state index in [1.54, 1.807) is 0 Å². The largest absolute Gasteiger partial charge is 0.356 e. The predicted molar refractivity (Wildman–Crippen MR) is 128 cm³/mol. The van der Waals surface area contributed by atoms with Gasteiger partial charge in [0.2, 0.25) is 5.91 Å². The number of amides is 1. The van der Waals surface area contributed by atoms with Crippen molar-refractivity contribution in [2.24, 2.45) is 0 Å². The number of hydrogen-bond acceptors (Lipinski definition) is 4. The number of nitrogens with one attached hydrogen (secondary N) is 1. The number of allylic oxidation sites excluding steroid dienone is 2. The van der Waals surface area contributed by atoms with Crippen LogP contribution in [-0.4, -0.2) is 28.8 Å². The molecule has 0 aromatic carbocycles. The fraction of sp³-hybridized carbons (Fsp3) is 0.875. The summed E-state index contributed by atoms with van der Waals surface area (Å²) >= 11 is 0. The maximum Gasteiger partial charge on any atom is 0.327 e. The molecule has 5 nitrogen and oxygen atoms in total. The van der Waals surface area contributed by atoms with Crippen LogP contribution < -0.4 is 5.32 Å². The van der Waals surface area contributed by atoms with E-state index in [1.807, 2.05) is 0 Å². The van der Waals surface area contributed by atoms with Gasteiger partial charge in [-0.05, 0) is 44.9 Å². The van der Waals surface area contributed by atoms with Crippen molar-refractivity contribution in [1.82, 2.24) is 5.32 Å². The summed E-state index contributed by atoms with van der Waals surface area (Å²) in [4.78, 5) is 29.0. The number of unbranched alkanes of at least 4 members (excludes halogenated alkanes) is 14. The zero-order valence-electron chi connectivity index (χ0n) is 19.5. The first kappa shape index (κ1) is 29.5. The molecule has 1 amide bonds. The summed E-state index contributed by atoms with van der Waals surface area (Å²) in [5.41, 5.74) is 0. The molecule has 0 saturated heterocycles. The van der Waals surface area contributed by atoms with Crippen LogP contribution >= 0.6 is 8.60 Å². The van der Waals surface area contributed by atoms with Crippen molar-refractivity contribution in [3.8, 4) is 0 Å². The minimum absolute atomic E-state index is 0.169. The molecular formula is C24H48NO4P. The Labute approximate surface area is 187 Å². The molecule has 0 atom stereocenters. The van der Waals surface area contributed by atoms with Crippen LogP contribution in [0.25, 0.3) is 0 Å². The topological polar surface area (TPSA) is 78.8 Å². The van der Waals surface area contributed by atoms with Crippen molar-refractivity contribution in [2.75, 3.05) is 13.2 Å². The van der Waals surface area contributed by atoms with Gasteiger partial charge >= 0.3 is 8.60 Å². The first-order chi connectivity index (χ1) is 14.7. The van der Waals surface area contributed by atoms with Crippen molar-refractivity contribution >= 4 is 14.5 Å². The minimum Gasteiger partial charge on any atom is -0.356 e. The molecule has 178 valence electrons. The minimum atomic E-state index is -2.21. The van der Waals surface area contributed by atoms with Crippen molar-refractivity contribution in [3.63, 3.8) is 0 Å². The van der Waals surface area contributed by atoms with Crippen LogP contribution in [-0.2, 0) is 9.32 Å². The molecule has 0 aliphatic carbocycles. The molecule has 0 unspecified atom stereocenters. The lowest BCUT2D eigenvalue weighted by Crippen LogP contribution is -2.23. The fourth-order valence-electron chi connectivity index (χ4n) is 3.40. The number of carbonyl (C=O) groups excluding carboxylic acids is 1. The third kappa shape index (κ3) is 25.6. The Morgan fingerprint density at radius 2 is 1.30 bits per heavy atom. The van der Waals surface area contributed by atoms with Crippen molar-refractivity contribution in [2.45, 2.75) is 122 Å². The van der Waals surface area contributed by atoms with Crippen molar-refractivity contribution in [1.29, 1.82) is 0 Å². The zero-order valence-corrected chi connectivity index (χ0v) is 20.3. The van der Waals surface area contributed by atoms with Crippen LogP contribution in [0.1, 0.15) is 122 Å². The van der Waals surface area contributed by atoms with Crippen LogP contribution in [0.2, 0.25) is 0 Å². The van der Waals surface area contributed by atoms with Crippen LogP contribution in [0, 0.1) is 0 Å². The summed E-state index contributed by atoms with van der Waals surface area (Å²) < 4.78 is 4.71. The molecule has 30 heavy (non-hydrogen) atoms. The average Bonchev–Trinajstić information content (AvgIpc) is 2.72. The average molecular weight is 446 g/mol. The molecule has 0 aliphatic heterocycles. The molecule has 3 N–H and O–H groups in total. The maximum atomic E-state index is 11.8. The first-order valence-corrected chi connectivity index (χ1v) is 13.6. The van der Waals surface area contributed by atoms with E-state index in [9.17, 15) is 4.79 Å². The van der Waals surface area contributed by atoms with Gasteiger partial charge in [-0.2, -0.15) is 0 Å². The lowest BCUT2D eigenvalue weighted by Gasteiger charge is -2.06. The highest BCUT2D eigenvalue weighted by Gasteiger charge is 2.01. The smallest absolute Gasteiger partial charge is 0.327 e. The van der Waals surface area contributed by atoms with Gasteiger partial charge in [0.05, 0.1) is 6.61 Å². The molecule has 6 heteroatoms. The molecule has 0 aromatic rings. The monoisotopic (exact) mass is 445 g/mol. The lowest BCUT2D eigenvalue weighted by molar-refractivity contribution is -0.121. The van der Waals surface area contributed by atoms with Gasteiger partial charge in [-0.25, -0.2) is 0 Å². The molecule has 0 radical (unpaired) electrons. The van der Waals surface area contributed by atoms with Gasteiger partial charge in [0.15, 0.2) is 0 Å². The lowest BCUT2D eigenvalue weighted by atomic mass is 10.1. The second kappa shape index (κ2) is 24.8. The predicted octanol–water partition coefficient (Wildman–Crippen LogP) is 6.93. The van der Waals surface area contributed by atoms with Gasteiger partial charge in [-0.15, -0.1) is 0 Å².